The largest absolute Gasteiger partial charge is 0.505 e. The number of β-lactam (4-membered cyclic amide) rings is 1. The topological polar surface area (TPSA) is 221 Å². The number of nitrogen functional groups attached to an aromatic ring is 1. The normalized spacial score (nSPS) is 20.8. The number of nitrogens with two attached hydrogens (primary N) is 1. The number of carboxylic acid groups (broad SMARTS) is 1. The average Bonchev–Trinajstić information content (AvgIpc) is 3.91. The van der Waals surface area contributed by atoms with E-state index in [4.69, 9.17) is 10.6 Å². The van der Waals surface area contributed by atoms with E-state index in [2.05, 4.69) is 20.8 Å². The fourth-order valence-corrected chi connectivity index (χ4v) is 8.64. The number of thioether (sulfide) groups is 1. The third-order valence-electron chi connectivity index (χ3n) is 9.47. The second kappa shape index (κ2) is 15.9. The van der Waals surface area contributed by atoms with Gasteiger partial charge in [-0.05, 0) is 62.0 Å². The Morgan fingerprint density at radius 2 is 2.00 bits per heavy atom. The van der Waals surface area contributed by atoms with Gasteiger partial charge in [-0.25, -0.2) is 14.2 Å². The van der Waals surface area contributed by atoms with Gasteiger partial charge in [0.1, 0.15) is 28.9 Å². The van der Waals surface area contributed by atoms with Crippen LogP contribution in [0.25, 0.3) is 0 Å². The molecule has 55 heavy (non-hydrogen) atoms. The summed E-state index contributed by atoms with van der Waals surface area (Å²) in [5.74, 6) is -4.59. The third kappa shape index (κ3) is 8.16. The molecular weight excluding hydrogens is 756 g/mol. The van der Waals surface area contributed by atoms with E-state index in [9.17, 15) is 38.6 Å². The number of aliphatic carboxylic acids is 1. The second-order valence-electron chi connectivity index (χ2n) is 13.3. The molecule has 1 aliphatic carbocycles. The Labute approximate surface area is 321 Å². The van der Waals surface area contributed by atoms with Gasteiger partial charge in [-0.1, -0.05) is 5.16 Å². The number of allylic oxidation sites excluding steroid dienone is 1. The van der Waals surface area contributed by atoms with Crippen molar-refractivity contribution in [1.82, 2.24) is 20.1 Å². The summed E-state index contributed by atoms with van der Waals surface area (Å²) < 4.78 is 15.3. The zero-order valence-corrected chi connectivity index (χ0v) is 30.8. The van der Waals surface area contributed by atoms with E-state index in [1.807, 2.05) is 0 Å². The highest BCUT2D eigenvalue weighted by Crippen LogP contribution is 2.41. The summed E-state index contributed by atoms with van der Waals surface area (Å²) in [6, 6.07) is 6.03. The Kier molecular flexibility index (Phi) is 10.8. The third-order valence-corrected chi connectivity index (χ3v) is 11.4. The molecule has 286 valence electrons. The number of anilines is 2. The number of hydrogen-bond donors (Lipinski definition) is 5. The smallest absolute Gasteiger partial charge is 0.352 e. The van der Waals surface area contributed by atoms with Crippen LogP contribution in [0, 0.1) is 5.82 Å². The molecule has 5 heterocycles. The number of amides is 4. The number of nitrogens with zero attached hydrogens (tertiary/aromatic N) is 5. The summed E-state index contributed by atoms with van der Waals surface area (Å²) in [5.41, 5.74) is 7.24. The summed E-state index contributed by atoms with van der Waals surface area (Å²) in [6.45, 7) is 0.498. The van der Waals surface area contributed by atoms with Gasteiger partial charge in [-0.3, -0.25) is 24.1 Å². The van der Waals surface area contributed by atoms with Crippen LogP contribution in [-0.2, 0) is 41.9 Å². The van der Waals surface area contributed by atoms with E-state index in [0.29, 0.717) is 24.1 Å². The van der Waals surface area contributed by atoms with Gasteiger partial charge in [0, 0.05) is 46.6 Å². The maximum atomic E-state index is 13.7. The van der Waals surface area contributed by atoms with Crippen molar-refractivity contribution in [3.8, 4) is 5.75 Å². The van der Waals surface area contributed by atoms with Gasteiger partial charge in [-0.2, -0.15) is 4.57 Å². The Balaban J connectivity index is 0.998. The number of thiazole rings is 1. The fraction of sp³-hybridized carbons (Fsp3) is 0.333. The maximum absolute atomic E-state index is 13.7. The minimum absolute atomic E-state index is 0.0928. The van der Waals surface area contributed by atoms with E-state index in [1.54, 1.807) is 39.4 Å². The zero-order valence-electron chi connectivity index (χ0n) is 29.1. The van der Waals surface area contributed by atoms with Gasteiger partial charge < -0.3 is 36.3 Å². The molecule has 1 saturated carbocycles. The van der Waals surface area contributed by atoms with Crippen molar-refractivity contribution in [2.45, 2.75) is 62.7 Å². The molecule has 3 fully saturated rings. The molecule has 0 spiro atoms. The number of halogens is 1. The standard InChI is InChI=1S/C36H35FN8O8S2/c37-24-13-22(7-8-26(24)46)39-27(47)16-43-10-3-4-19(14-43)15-44-11-9-20(32(44)49)12-21-17-54-34-29(33(50)45(34)30(21)35(51)52)41-31(48)28(25-18-55-36(38)40-25)42-53-23-5-1-2-6-23/h3-4,7-8,10,12-14,18,23,29,34H,1-2,5-6,9,11,15-17H2,(H5-,38,39,40,41,42,46,47,48,51,52)/p+1/t29-,34-/m1/s1. The zero-order chi connectivity index (χ0) is 38.8. The van der Waals surface area contributed by atoms with E-state index in [-0.39, 0.29) is 58.8 Å². The number of hydrogen-bond acceptors (Lipinski definition) is 12. The summed E-state index contributed by atoms with van der Waals surface area (Å²) >= 11 is 2.39. The molecule has 2 aromatic heterocycles. The minimum Gasteiger partial charge on any atom is -0.505 e. The minimum atomic E-state index is -1.34. The van der Waals surface area contributed by atoms with Crippen molar-refractivity contribution in [2.24, 2.45) is 5.16 Å². The van der Waals surface area contributed by atoms with Crippen molar-refractivity contribution in [3.63, 3.8) is 0 Å². The predicted octanol–water partition coefficient (Wildman–Crippen LogP) is 2.26. The Hall–Kier alpha value is -5.82. The first-order chi connectivity index (χ1) is 26.4. The molecule has 6 N–H and O–H groups in total. The van der Waals surface area contributed by atoms with Gasteiger partial charge in [-0.15, -0.1) is 23.1 Å². The molecule has 4 amide bonds. The van der Waals surface area contributed by atoms with Crippen molar-refractivity contribution >= 4 is 69.2 Å². The quantitative estimate of drug-likeness (QED) is 0.0447. The van der Waals surface area contributed by atoms with E-state index >= 15 is 0 Å². The first kappa shape index (κ1) is 37.5. The van der Waals surface area contributed by atoms with Crippen LogP contribution in [-0.4, -0.2) is 90.1 Å². The molecule has 19 heteroatoms. The predicted molar refractivity (Wildman–Crippen MR) is 198 cm³/mol. The number of aromatic hydroxyl groups is 1. The number of benzene rings is 1. The first-order valence-corrected chi connectivity index (χ1v) is 19.3. The van der Waals surface area contributed by atoms with Crippen molar-refractivity contribution in [1.29, 1.82) is 0 Å². The van der Waals surface area contributed by atoms with Gasteiger partial charge in [0.05, 0.1) is 6.54 Å². The highest BCUT2D eigenvalue weighted by Gasteiger charge is 2.54. The molecule has 3 aliphatic heterocycles. The number of oxime groups is 1. The molecule has 0 bridgehead atoms. The van der Waals surface area contributed by atoms with E-state index < -0.39 is 46.7 Å². The number of phenols is 1. The number of likely N-dealkylation sites (tertiary alicyclic amines) is 1. The summed E-state index contributed by atoms with van der Waals surface area (Å²) in [4.78, 5) is 78.0. The molecule has 7 rings (SSSR count). The fourth-order valence-electron chi connectivity index (χ4n) is 6.79. The molecule has 2 saturated heterocycles. The highest BCUT2D eigenvalue weighted by molar-refractivity contribution is 8.00. The average molecular weight is 792 g/mol. The lowest BCUT2D eigenvalue weighted by Crippen LogP contribution is -2.71. The molecular formula is C36H36FN8O8S2+. The van der Waals surface area contributed by atoms with Crippen LogP contribution in [0.2, 0.25) is 0 Å². The van der Waals surface area contributed by atoms with Crippen molar-refractivity contribution < 1.29 is 48.0 Å². The summed E-state index contributed by atoms with van der Waals surface area (Å²) in [6.07, 6.45) is 8.74. The number of carboxylic acids is 1. The number of aromatic nitrogens is 2. The molecule has 0 unspecified atom stereocenters. The lowest BCUT2D eigenvalue weighted by molar-refractivity contribution is -0.684. The molecule has 16 nitrogen and oxygen atoms in total. The molecule has 1 aromatic carbocycles. The van der Waals surface area contributed by atoms with Crippen LogP contribution in [0.4, 0.5) is 15.2 Å². The Morgan fingerprint density at radius 3 is 2.73 bits per heavy atom. The van der Waals surface area contributed by atoms with E-state index in [0.717, 1.165) is 59.6 Å². The van der Waals surface area contributed by atoms with Crippen molar-refractivity contribution in [2.75, 3.05) is 23.3 Å². The van der Waals surface area contributed by atoms with Crippen molar-refractivity contribution in [3.05, 3.63) is 88.1 Å². The Morgan fingerprint density at radius 1 is 1.20 bits per heavy atom. The monoisotopic (exact) mass is 791 g/mol. The number of carbonyl (C=O) groups excluding carboxylic acids is 4. The second-order valence-corrected chi connectivity index (χ2v) is 15.3. The number of pyridine rings is 1. The summed E-state index contributed by atoms with van der Waals surface area (Å²) in [7, 11) is 0. The molecule has 0 radical (unpaired) electrons. The molecule has 3 aromatic rings. The van der Waals surface area contributed by atoms with Crippen LogP contribution in [0.1, 0.15) is 43.4 Å². The summed E-state index contributed by atoms with van der Waals surface area (Å²) in [5, 5.41) is 30.0. The van der Waals surface area contributed by atoms with Crippen LogP contribution < -0.4 is 20.9 Å². The van der Waals surface area contributed by atoms with E-state index in [1.165, 1.54) is 23.9 Å². The lowest BCUT2D eigenvalue weighted by Gasteiger charge is -2.49. The number of carbonyl (C=O) groups is 5. The number of nitrogens with one attached hydrogen (secondary N) is 2. The Bertz CT molecular complexity index is 2170. The number of fused-ring (bicyclic) bond motifs is 1. The molecule has 2 atom stereocenters. The van der Waals surface area contributed by atoms with Crippen LogP contribution in [0.5, 0.6) is 5.75 Å². The van der Waals surface area contributed by atoms with Crippen LogP contribution >= 0.6 is 23.1 Å². The maximum Gasteiger partial charge on any atom is 0.352 e. The SMILES string of the molecule is Nc1nc(/C(=N/OC2CCCC2)C(=O)N[C@@H]2C(=O)N3C(C(=O)O)=C(C=C4CCN(Cc5ccc[n+](CC(=O)Nc6ccc(O)c(F)c6)c5)C4=O)CS[C@H]23)cs1. The van der Waals surface area contributed by atoms with Gasteiger partial charge >= 0.3 is 5.97 Å². The number of phenolic OH excluding ortho intramolecular Hbond substituents is 1. The highest BCUT2D eigenvalue weighted by atomic mass is 32.2. The van der Waals surface area contributed by atoms with Crippen LogP contribution in [0.3, 0.4) is 0 Å². The van der Waals surface area contributed by atoms with Gasteiger partial charge in [0.25, 0.3) is 17.7 Å². The van der Waals surface area contributed by atoms with Gasteiger partial charge in [0.15, 0.2) is 34.8 Å². The first-order valence-electron chi connectivity index (χ1n) is 17.4. The van der Waals surface area contributed by atoms with Gasteiger partial charge in [0.2, 0.25) is 12.5 Å². The number of rotatable bonds is 12. The van der Waals surface area contributed by atoms with Crippen LogP contribution in [0.15, 0.2) is 76.2 Å². The molecule has 4 aliphatic rings. The lowest BCUT2D eigenvalue weighted by atomic mass is 10.0.